The molecule has 266 valence electrons. The van der Waals surface area contributed by atoms with Crippen LogP contribution in [0.25, 0.3) is 98.7 Å². The van der Waals surface area contributed by atoms with Crippen LogP contribution in [0.4, 0.5) is 17.1 Å². The van der Waals surface area contributed by atoms with Crippen molar-refractivity contribution in [1.82, 2.24) is 4.98 Å². The number of benzene rings is 9. The Balaban J connectivity index is 0.967. The maximum Gasteiger partial charge on any atom is 0.143 e. The number of hydrogen-bond acceptors (Lipinski definition) is 4. The van der Waals surface area contributed by atoms with E-state index in [2.05, 4.69) is 187 Å². The second-order valence-corrected chi connectivity index (χ2v) is 14.7. The van der Waals surface area contributed by atoms with Gasteiger partial charge in [-0.3, -0.25) is 0 Å². The van der Waals surface area contributed by atoms with Gasteiger partial charge in [0.2, 0.25) is 0 Å². The third-order valence-electron chi connectivity index (χ3n) is 11.4. The number of pyridine rings is 1. The summed E-state index contributed by atoms with van der Waals surface area (Å²) in [6.45, 7) is 0. The summed E-state index contributed by atoms with van der Waals surface area (Å²) in [4.78, 5) is 7.19. The zero-order valence-electron chi connectivity index (χ0n) is 30.7. The lowest BCUT2D eigenvalue weighted by Crippen LogP contribution is -2.09. The summed E-state index contributed by atoms with van der Waals surface area (Å²) in [6.07, 6.45) is 0. The predicted octanol–water partition coefficient (Wildman–Crippen LogP) is 15.1. The maximum atomic E-state index is 6.67. The quantitative estimate of drug-likeness (QED) is 0.177. The molecule has 9 aromatic carbocycles. The molecule has 0 bridgehead atoms. The number of aromatic nitrogens is 1. The first-order valence-corrected chi connectivity index (χ1v) is 19.3. The lowest BCUT2D eigenvalue weighted by Gasteiger charge is -2.25. The largest absolute Gasteiger partial charge is 0.455 e. The van der Waals surface area contributed by atoms with Crippen molar-refractivity contribution in [2.24, 2.45) is 0 Å². The Hall–Kier alpha value is -7.69. The van der Waals surface area contributed by atoms with Gasteiger partial charge in [-0.15, -0.1) is 0 Å². The van der Waals surface area contributed by atoms with Gasteiger partial charge in [0.1, 0.15) is 22.3 Å². The Kier molecular flexibility index (Phi) is 6.89. The van der Waals surface area contributed by atoms with Gasteiger partial charge in [0.15, 0.2) is 0 Å². The summed E-state index contributed by atoms with van der Waals surface area (Å²) in [5.41, 5.74) is 11.9. The monoisotopic (exact) mass is 728 g/mol. The zero-order valence-corrected chi connectivity index (χ0v) is 30.7. The van der Waals surface area contributed by atoms with Gasteiger partial charge in [0.05, 0.1) is 11.2 Å². The molecule has 12 aromatic rings. The molecule has 0 amide bonds. The van der Waals surface area contributed by atoms with Crippen LogP contribution in [-0.4, -0.2) is 4.98 Å². The summed E-state index contributed by atoms with van der Waals surface area (Å²) in [5, 5.41) is 10.1. The van der Waals surface area contributed by atoms with E-state index >= 15 is 0 Å². The number of para-hydroxylation sites is 1. The van der Waals surface area contributed by atoms with Crippen LogP contribution < -0.4 is 4.90 Å². The van der Waals surface area contributed by atoms with E-state index in [0.717, 1.165) is 116 Å². The van der Waals surface area contributed by atoms with Crippen molar-refractivity contribution in [3.63, 3.8) is 0 Å². The standard InChI is InChI=1S/C53H32N2O2/c1-4-10-42-35(7-1)19-26-46-44-28-24-40(31-50(44)56-52(42)46)55(41-25-29-45-47-27-20-36-8-2-5-11-43(36)53(47)57-51(45)32-41)39-22-17-34(18-23-39)33-13-15-38(16-14-33)49-30-21-37-9-3-6-12-48(37)54-49/h1-32H. The lowest BCUT2D eigenvalue weighted by molar-refractivity contribution is 0.672. The molecule has 0 aliphatic carbocycles. The fraction of sp³-hybridized carbons (Fsp3) is 0. The van der Waals surface area contributed by atoms with Gasteiger partial charge >= 0.3 is 0 Å². The van der Waals surface area contributed by atoms with Crippen molar-refractivity contribution < 1.29 is 8.83 Å². The van der Waals surface area contributed by atoms with Crippen molar-refractivity contribution in [3.05, 3.63) is 194 Å². The molecule has 0 unspecified atom stereocenters. The number of anilines is 3. The average molecular weight is 729 g/mol. The molecular weight excluding hydrogens is 697 g/mol. The topological polar surface area (TPSA) is 42.4 Å². The number of fused-ring (bicyclic) bond motifs is 11. The summed E-state index contributed by atoms with van der Waals surface area (Å²) < 4.78 is 13.3. The molecule has 12 rings (SSSR count). The van der Waals surface area contributed by atoms with Crippen LogP contribution >= 0.6 is 0 Å². The van der Waals surface area contributed by atoms with Crippen LogP contribution in [-0.2, 0) is 0 Å². The molecule has 0 spiro atoms. The van der Waals surface area contributed by atoms with Crippen LogP contribution in [0.2, 0.25) is 0 Å². The van der Waals surface area contributed by atoms with Crippen molar-refractivity contribution >= 4 is 93.4 Å². The first-order valence-electron chi connectivity index (χ1n) is 19.3. The summed E-state index contributed by atoms with van der Waals surface area (Å²) in [5.74, 6) is 0. The molecule has 0 atom stereocenters. The van der Waals surface area contributed by atoms with Crippen LogP contribution in [0.3, 0.4) is 0 Å². The zero-order chi connectivity index (χ0) is 37.5. The summed E-state index contributed by atoms with van der Waals surface area (Å²) in [6, 6.07) is 68.5. The Morgan fingerprint density at radius 3 is 1.39 bits per heavy atom. The van der Waals surface area contributed by atoms with Crippen molar-refractivity contribution in [2.75, 3.05) is 4.90 Å². The molecular formula is C53H32N2O2. The molecule has 0 saturated carbocycles. The third kappa shape index (κ3) is 5.12. The SMILES string of the molecule is c1ccc2nc(-c3ccc(-c4ccc(N(c5ccc6c(c5)oc5c7ccccc7ccc65)c5ccc6c(c5)oc5c7ccccc7ccc65)cc4)cc3)ccc2c1. The van der Waals surface area contributed by atoms with Gasteiger partial charge in [-0.05, 0) is 82.6 Å². The molecule has 0 aliphatic rings. The highest BCUT2D eigenvalue weighted by Gasteiger charge is 2.19. The van der Waals surface area contributed by atoms with E-state index in [1.807, 2.05) is 12.1 Å². The summed E-state index contributed by atoms with van der Waals surface area (Å²) in [7, 11) is 0. The average Bonchev–Trinajstić information content (AvgIpc) is 3.85. The molecule has 4 heteroatoms. The molecule has 0 fully saturated rings. The highest BCUT2D eigenvalue weighted by atomic mass is 16.3. The Morgan fingerprint density at radius 2 is 0.789 bits per heavy atom. The van der Waals surface area contributed by atoms with Gasteiger partial charge in [0, 0.05) is 72.5 Å². The van der Waals surface area contributed by atoms with Gasteiger partial charge < -0.3 is 13.7 Å². The third-order valence-corrected chi connectivity index (χ3v) is 11.4. The van der Waals surface area contributed by atoms with Gasteiger partial charge in [-0.25, -0.2) is 4.98 Å². The highest BCUT2D eigenvalue weighted by molar-refractivity contribution is 6.17. The number of hydrogen-bond donors (Lipinski definition) is 0. The molecule has 0 saturated heterocycles. The Bertz CT molecular complexity index is 3370. The molecule has 0 aliphatic heterocycles. The fourth-order valence-corrected chi connectivity index (χ4v) is 8.57. The second-order valence-electron chi connectivity index (χ2n) is 14.7. The van der Waals surface area contributed by atoms with E-state index in [9.17, 15) is 0 Å². The van der Waals surface area contributed by atoms with E-state index < -0.39 is 0 Å². The molecule has 3 aromatic heterocycles. The number of nitrogens with zero attached hydrogens (tertiary/aromatic N) is 2. The molecule has 0 N–H and O–H groups in total. The number of rotatable bonds is 5. The summed E-state index contributed by atoms with van der Waals surface area (Å²) >= 11 is 0. The van der Waals surface area contributed by atoms with E-state index in [0.29, 0.717) is 0 Å². The fourth-order valence-electron chi connectivity index (χ4n) is 8.57. The normalized spacial score (nSPS) is 11.9. The highest BCUT2D eigenvalue weighted by Crippen LogP contribution is 2.43. The molecule has 57 heavy (non-hydrogen) atoms. The van der Waals surface area contributed by atoms with E-state index in [4.69, 9.17) is 13.8 Å². The van der Waals surface area contributed by atoms with Crippen LogP contribution in [0.5, 0.6) is 0 Å². The Morgan fingerprint density at radius 1 is 0.333 bits per heavy atom. The van der Waals surface area contributed by atoms with Gasteiger partial charge in [-0.2, -0.15) is 0 Å². The first kappa shape index (κ1) is 31.6. The van der Waals surface area contributed by atoms with Crippen molar-refractivity contribution in [1.29, 1.82) is 0 Å². The Labute approximate surface area is 327 Å². The van der Waals surface area contributed by atoms with Gasteiger partial charge in [0.25, 0.3) is 0 Å². The lowest BCUT2D eigenvalue weighted by atomic mass is 10.0. The van der Waals surface area contributed by atoms with E-state index in [-0.39, 0.29) is 0 Å². The van der Waals surface area contributed by atoms with Crippen molar-refractivity contribution in [2.45, 2.75) is 0 Å². The second kappa shape index (κ2) is 12.4. The smallest absolute Gasteiger partial charge is 0.143 e. The maximum absolute atomic E-state index is 6.67. The minimum absolute atomic E-state index is 0.845. The van der Waals surface area contributed by atoms with Crippen LogP contribution in [0.1, 0.15) is 0 Å². The minimum atomic E-state index is 0.845. The van der Waals surface area contributed by atoms with Crippen molar-refractivity contribution in [3.8, 4) is 22.4 Å². The molecule has 0 radical (unpaired) electrons. The predicted molar refractivity (Wildman–Crippen MR) is 237 cm³/mol. The van der Waals surface area contributed by atoms with Crippen LogP contribution in [0, 0.1) is 0 Å². The number of furan rings is 2. The minimum Gasteiger partial charge on any atom is -0.455 e. The van der Waals surface area contributed by atoms with Gasteiger partial charge in [-0.1, -0.05) is 121 Å². The molecule has 4 nitrogen and oxygen atoms in total. The molecule has 3 heterocycles. The van der Waals surface area contributed by atoms with Crippen LogP contribution in [0.15, 0.2) is 203 Å². The van der Waals surface area contributed by atoms with E-state index in [1.54, 1.807) is 0 Å². The first-order chi connectivity index (χ1) is 28.2. The van der Waals surface area contributed by atoms with E-state index in [1.165, 1.54) is 0 Å².